The van der Waals surface area contributed by atoms with Crippen LogP contribution in [0, 0.1) is 6.92 Å². The summed E-state index contributed by atoms with van der Waals surface area (Å²) in [5, 5.41) is 19.9. The van der Waals surface area contributed by atoms with Crippen LogP contribution in [0.4, 0.5) is 11.4 Å². The third kappa shape index (κ3) is 4.37. The van der Waals surface area contributed by atoms with E-state index in [2.05, 4.69) is 25.9 Å². The van der Waals surface area contributed by atoms with E-state index in [1.807, 2.05) is 43.3 Å². The summed E-state index contributed by atoms with van der Waals surface area (Å²) in [6.45, 7) is 1.96. The second kappa shape index (κ2) is 7.97. The highest BCUT2D eigenvalue weighted by Gasteiger charge is 2.02. The molecule has 0 spiro atoms. The van der Waals surface area contributed by atoms with Crippen molar-refractivity contribution in [2.24, 2.45) is 9.98 Å². The molecule has 0 aliphatic carbocycles. The Labute approximate surface area is 160 Å². The molecular weight excluding hydrogens is 392 g/mol. The number of para-hydroxylation sites is 2. The van der Waals surface area contributed by atoms with Crippen LogP contribution in [0.15, 0.2) is 75.1 Å². The monoisotopic (exact) mass is 408 g/mol. The van der Waals surface area contributed by atoms with Crippen LogP contribution >= 0.6 is 15.9 Å². The van der Waals surface area contributed by atoms with E-state index >= 15 is 0 Å². The molecule has 0 heterocycles. The third-order valence-electron chi connectivity index (χ3n) is 3.74. The number of halogens is 1. The Morgan fingerprint density at radius 2 is 1.31 bits per heavy atom. The van der Waals surface area contributed by atoms with Gasteiger partial charge in [0.1, 0.15) is 11.5 Å². The number of aryl methyl sites for hydroxylation is 1. The van der Waals surface area contributed by atoms with E-state index < -0.39 is 0 Å². The fraction of sp³-hybridized carbons (Fsp3) is 0.0476. The van der Waals surface area contributed by atoms with Crippen molar-refractivity contribution < 1.29 is 10.2 Å². The Balaban J connectivity index is 1.91. The maximum atomic E-state index is 9.94. The Hall–Kier alpha value is -2.92. The number of aliphatic imine (C=N–C) groups is 2. The highest BCUT2D eigenvalue weighted by atomic mass is 79.9. The fourth-order valence-corrected chi connectivity index (χ4v) is 2.75. The number of phenolic OH excluding ortho intramolecular Hbond substituents is 2. The second-order valence-corrected chi connectivity index (χ2v) is 6.69. The molecular formula is C21H17BrN2O2. The Morgan fingerprint density at radius 1 is 0.769 bits per heavy atom. The number of phenols is 2. The normalized spacial score (nSPS) is 11.5. The van der Waals surface area contributed by atoms with Crippen molar-refractivity contribution in [2.45, 2.75) is 6.92 Å². The quantitative estimate of drug-likeness (QED) is 0.546. The van der Waals surface area contributed by atoms with E-state index in [1.165, 1.54) is 0 Å². The van der Waals surface area contributed by atoms with Crippen molar-refractivity contribution >= 4 is 39.7 Å². The lowest BCUT2D eigenvalue weighted by atomic mass is 10.1. The lowest BCUT2D eigenvalue weighted by molar-refractivity contribution is 0.474. The first kappa shape index (κ1) is 17.9. The molecule has 0 aliphatic rings. The molecule has 3 aromatic carbocycles. The summed E-state index contributed by atoms with van der Waals surface area (Å²) in [5.41, 5.74) is 3.62. The van der Waals surface area contributed by atoms with Gasteiger partial charge >= 0.3 is 0 Å². The van der Waals surface area contributed by atoms with E-state index in [1.54, 1.807) is 36.7 Å². The van der Waals surface area contributed by atoms with Crippen LogP contribution in [0.5, 0.6) is 11.5 Å². The minimum Gasteiger partial charge on any atom is -0.507 e. The molecule has 130 valence electrons. The van der Waals surface area contributed by atoms with E-state index in [0.717, 1.165) is 10.0 Å². The minimum atomic E-state index is 0.155. The van der Waals surface area contributed by atoms with Crippen LogP contribution in [0.1, 0.15) is 16.7 Å². The van der Waals surface area contributed by atoms with E-state index in [-0.39, 0.29) is 11.5 Å². The number of aromatic hydroxyl groups is 2. The zero-order valence-electron chi connectivity index (χ0n) is 14.1. The van der Waals surface area contributed by atoms with Crippen molar-refractivity contribution in [3.63, 3.8) is 0 Å². The highest BCUT2D eigenvalue weighted by Crippen LogP contribution is 2.29. The van der Waals surface area contributed by atoms with Crippen molar-refractivity contribution in [3.05, 3.63) is 81.8 Å². The largest absolute Gasteiger partial charge is 0.507 e. The first-order valence-electron chi connectivity index (χ1n) is 7.98. The summed E-state index contributed by atoms with van der Waals surface area (Å²) in [6, 6.07) is 17.9. The van der Waals surface area contributed by atoms with Gasteiger partial charge in [0.25, 0.3) is 0 Å². The average Bonchev–Trinajstić information content (AvgIpc) is 2.64. The third-order valence-corrected chi connectivity index (χ3v) is 4.23. The molecule has 0 saturated heterocycles. The van der Waals surface area contributed by atoms with E-state index in [9.17, 15) is 10.2 Å². The van der Waals surface area contributed by atoms with Gasteiger partial charge in [0, 0.05) is 28.0 Å². The molecule has 0 aromatic heterocycles. The lowest BCUT2D eigenvalue weighted by Gasteiger charge is -2.03. The van der Waals surface area contributed by atoms with Crippen LogP contribution in [0.3, 0.4) is 0 Å². The first-order valence-corrected chi connectivity index (χ1v) is 8.77. The smallest absolute Gasteiger partial charge is 0.124 e. The van der Waals surface area contributed by atoms with E-state index in [0.29, 0.717) is 22.5 Å². The molecule has 3 rings (SSSR count). The molecule has 0 radical (unpaired) electrons. The predicted molar refractivity (Wildman–Crippen MR) is 110 cm³/mol. The SMILES string of the molecule is Cc1ccc(O)c(C=Nc2ccccc2N=Cc2cc(Br)ccc2O)c1. The number of hydrogen-bond acceptors (Lipinski definition) is 4. The molecule has 2 N–H and O–H groups in total. The van der Waals surface area contributed by atoms with Crippen LogP contribution in [0.25, 0.3) is 0 Å². The predicted octanol–water partition coefficient (Wildman–Crippen LogP) is 5.67. The maximum absolute atomic E-state index is 9.94. The molecule has 0 amide bonds. The lowest BCUT2D eigenvalue weighted by Crippen LogP contribution is -1.84. The Bertz CT molecular complexity index is 917. The molecule has 4 nitrogen and oxygen atoms in total. The average molecular weight is 409 g/mol. The summed E-state index contributed by atoms with van der Waals surface area (Å²) in [6.07, 6.45) is 3.21. The number of hydrogen-bond donors (Lipinski definition) is 2. The summed E-state index contributed by atoms with van der Waals surface area (Å²) in [4.78, 5) is 8.91. The molecule has 0 fully saturated rings. The number of rotatable bonds is 4. The van der Waals surface area contributed by atoms with Gasteiger partial charge in [-0.15, -0.1) is 0 Å². The van der Waals surface area contributed by atoms with Gasteiger partial charge in [-0.1, -0.05) is 39.7 Å². The fourth-order valence-electron chi connectivity index (χ4n) is 2.37. The van der Waals surface area contributed by atoms with E-state index in [4.69, 9.17) is 0 Å². The Kier molecular flexibility index (Phi) is 5.49. The van der Waals surface area contributed by atoms with Crippen LogP contribution < -0.4 is 0 Å². The van der Waals surface area contributed by atoms with Crippen molar-refractivity contribution in [1.29, 1.82) is 0 Å². The molecule has 26 heavy (non-hydrogen) atoms. The van der Waals surface area contributed by atoms with Crippen LogP contribution in [-0.4, -0.2) is 22.6 Å². The number of nitrogens with zero attached hydrogens (tertiary/aromatic N) is 2. The molecule has 0 bridgehead atoms. The summed E-state index contributed by atoms with van der Waals surface area (Å²) >= 11 is 3.38. The van der Waals surface area contributed by atoms with Crippen molar-refractivity contribution in [1.82, 2.24) is 0 Å². The zero-order chi connectivity index (χ0) is 18.5. The van der Waals surface area contributed by atoms with Gasteiger partial charge in [0.15, 0.2) is 0 Å². The molecule has 0 aliphatic heterocycles. The molecule has 0 atom stereocenters. The molecule has 3 aromatic rings. The standard InChI is InChI=1S/C21H17BrN2O2/c1-14-6-8-20(25)15(10-14)12-23-18-4-2-3-5-19(18)24-13-16-11-17(22)7-9-21(16)26/h2-13,25-26H,1H3. The topological polar surface area (TPSA) is 65.2 Å². The van der Waals surface area contributed by atoms with Gasteiger partial charge in [-0.05, 0) is 49.4 Å². The first-order chi connectivity index (χ1) is 12.5. The van der Waals surface area contributed by atoms with Crippen LogP contribution in [-0.2, 0) is 0 Å². The summed E-state index contributed by atoms with van der Waals surface area (Å²) in [7, 11) is 0. The highest BCUT2D eigenvalue weighted by molar-refractivity contribution is 9.10. The Morgan fingerprint density at radius 3 is 1.92 bits per heavy atom. The van der Waals surface area contributed by atoms with Gasteiger partial charge in [-0.25, -0.2) is 0 Å². The summed E-state index contributed by atoms with van der Waals surface area (Å²) < 4.78 is 0.859. The number of benzene rings is 3. The molecule has 0 saturated carbocycles. The van der Waals surface area contributed by atoms with Gasteiger partial charge < -0.3 is 10.2 Å². The van der Waals surface area contributed by atoms with Gasteiger partial charge in [-0.2, -0.15) is 0 Å². The molecule has 5 heteroatoms. The van der Waals surface area contributed by atoms with Gasteiger partial charge in [0.2, 0.25) is 0 Å². The zero-order valence-corrected chi connectivity index (χ0v) is 15.7. The van der Waals surface area contributed by atoms with Crippen molar-refractivity contribution in [3.8, 4) is 11.5 Å². The second-order valence-electron chi connectivity index (χ2n) is 5.77. The van der Waals surface area contributed by atoms with Gasteiger partial charge in [-0.3, -0.25) is 9.98 Å². The molecule has 0 unspecified atom stereocenters. The maximum Gasteiger partial charge on any atom is 0.124 e. The van der Waals surface area contributed by atoms with Crippen LogP contribution in [0.2, 0.25) is 0 Å². The minimum absolute atomic E-state index is 0.155. The summed E-state index contributed by atoms with van der Waals surface area (Å²) in [5.74, 6) is 0.335. The van der Waals surface area contributed by atoms with Gasteiger partial charge in [0.05, 0.1) is 11.4 Å². The van der Waals surface area contributed by atoms with Crippen molar-refractivity contribution in [2.75, 3.05) is 0 Å².